The molecule has 1 unspecified atom stereocenters. The zero-order valence-corrected chi connectivity index (χ0v) is 13.2. The minimum atomic E-state index is 0.300. The SMILES string of the molecule is N#Cc1ccc(NC2CCCc3cc(N)ccc32)cc1Br. The number of nitrogens with two attached hydrogens (primary N) is 1. The van der Waals surface area contributed by atoms with E-state index in [1.54, 1.807) is 0 Å². The number of hydrogen-bond donors (Lipinski definition) is 2. The van der Waals surface area contributed by atoms with Crippen molar-refractivity contribution in [1.82, 2.24) is 0 Å². The molecule has 3 rings (SSSR count). The van der Waals surface area contributed by atoms with Gasteiger partial charge in [-0.05, 0) is 76.7 Å². The van der Waals surface area contributed by atoms with Crippen LogP contribution in [-0.4, -0.2) is 0 Å². The Kier molecular flexibility index (Phi) is 3.85. The second-order valence-electron chi connectivity index (χ2n) is 5.35. The third-order valence-electron chi connectivity index (χ3n) is 3.91. The fraction of sp³-hybridized carbons (Fsp3) is 0.235. The predicted octanol–water partition coefficient (Wildman–Crippen LogP) is 4.39. The number of hydrogen-bond acceptors (Lipinski definition) is 3. The summed E-state index contributed by atoms with van der Waals surface area (Å²) in [5, 5.41) is 12.5. The molecule has 0 bridgehead atoms. The monoisotopic (exact) mass is 341 g/mol. The number of rotatable bonds is 2. The van der Waals surface area contributed by atoms with Gasteiger partial charge >= 0.3 is 0 Å². The molecule has 0 spiro atoms. The molecule has 0 fully saturated rings. The normalized spacial score (nSPS) is 16.9. The Morgan fingerprint density at radius 2 is 2.10 bits per heavy atom. The molecule has 2 aromatic rings. The lowest BCUT2D eigenvalue weighted by molar-refractivity contribution is 0.600. The fourth-order valence-corrected chi connectivity index (χ4v) is 3.35. The molecule has 4 heteroatoms. The number of halogens is 1. The molecule has 0 aromatic heterocycles. The Bertz CT molecular complexity index is 718. The van der Waals surface area contributed by atoms with Gasteiger partial charge in [-0.1, -0.05) is 6.07 Å². The number of aryl methyl sites for hydroxylation is 1. The average molecular weight is 342 g/mol. The Morgan fingerprint density at radius 1 is 1.24 bits per heavy atom. The number of nitrogens with zero attached hydrogens (tertiary/aromatic N) is 1. The van der Waals surface area contributed by atoms with E-state index < -0.39 is 0 Å². The van der Waals surface area contributed by atoms with Crippen molar-refractivity contribution in [2.45, 2.75) is 25.3 Å². The van der Waals surface area contributed by atoms with Crippen LogP contribution in [0.3, 0.4) is 0 Å². The minimum Gasteiger partial charge on any atom is -0.399 e. The highest BCUT2D eigenvalue weighted by Gasteiger charge is 2.20. The van der Waals surface area contributed by atoms with E-state index in [-0.39, 0.29) is 0 Å². The molecule has 0 saturated carbocycles. The lowest BCUT2D eigenvalue weighted by atomic mass is 9.87. The number of fused-ring (bicyclic) bond motifs is 1. The minimum absolute atomic E-state index is 0.300. The molecule has 1 aliphatic rings. The zero-order chi connectivity index (χ0) is 14.8. The summed E-state index contributed by atoms with van der Waals surface area (Å²) < 4.78 is 0.823. The Hall–Kier alpha value is -1.99. The summed E-state index contributed by atoms with van der Waals surface area (Å²) in [6.07, 6.45) is 3.36. The van der Waals surface area contributed by atoms with Crippen LogP contribution in [-0.2, 0) is 6.42 Å². The summed E-state index contributed by atoms with van der Waals surface area (Å²) in [6, 6.07) is 14.4. The first-order valence-electron chi connectivity index (χ1n) is 7.02. The van der Waals surface area contributed by atoms with Gasteiger partial charge in [0.1, 0.15) is 6.07 Å². The van der Waals surface area contributed by atoms with Gasteiger partial charge in [0.25, 0.3) is 0 Å². The molecule has 3 N–H and O–H groups in total. The van der Waals surface area contributed by atoms with Crippen LogP contribution in [0.2, 0.25) is 0 Å². The van der Waals surface area contributed by atoms with Crippen LogP contribution in [0.1, 0.15) is 35.6 Å². The highest BCUT2D eigenvalue weighted by molar-refractivity contribution is 9.10. The van der Waals surface area contributed by atoms with Crippen LogP contribution in [0.25, 0.3) is 0 Å². The van der Waals surface area contributed by atoms with Gasteiger partial charge in [0, 0.05) is 15.8 Å². The second kappa shape index (κ2) is 5.79. The van der Waals surface area contributed by atoms with Gasteiger partial charge in [0.2, 0.25) is 0 Å². The van der Waals surface area contributed by atoms with Crippen LogP contribution in [0.4, 0.5) is 11.4 Å². The maximum Gasteiger partial charge on any atom is 0.100 e. The summed E-state index contributed by atoms with van der Waals surface area (Å²) in [4.78, 5) is 0. The van der Waals surface area contributed by atoms with Crippen molar-refractivity contribution in [2.24, 2.45) is 0 Å². The van der Waals surface area contributed by atoms with Crippen molar-refractivity contribution >= 4 is 27.3 Å². The maximum atomic E-state index is 8.97. The van der Waals surface area contributed by atoms with Crippen LogP contribution >= 0.6 is 15.9 Å². The number of anilines is 2. The number of nitriles is 1. The third kappa shape index (κ3) is 2.88. The van der Waals surface area contributed by atoms with Crippen molar-refractivity contribution in [3.05, 3.63) is 57.6 Å². The van der Waals surface area contributed by atoms with Gasteiger partial charge in [-0.2, -0.15) is 5.26 Å². The van der Waals surface area contributed by atoms with E-state index in [9.17, 15) is 0 Å². The Balaban J connectivity index is 1.87. The van der Waals surface area contributed by atoms with Crippen molar-refractivity contribution in [2.75, 3.05) is 11.1 Å². The first kappa shape index (κ1) is 14.0. The smallest absolute Gasteiger partial charge is 0.100 e. The lowest BCUT2D eigenvalue weighted by Crippen LogP contribution is -2.17. The summed E-state index contributed by atoms with van der Waals surface area (Å²) in [7, 11) is 0. The highest BCUT2D eigenvalue weighted by Crippen LogP contribution is 2.34. The Labute approximate surface area is 132 Å². The van der Waals surface area contributed by atoms with Crippen LogP contribution in [0, 0.1) is 11.3 Å². The standard InChI is InChI=1S/C17H16BrN3/c18-16-9-14(6-4-12(16)10-19)21-17-3-1-2-11-8-13(20)5-7-15(11)17/h4-9,17,21H,1-3,20H2. The van der Waals surface area contributed by atoms with Gasteiger partial charge in [0.15, 0.2) is 0 Å². The maximum absolute atomic E-state index is 8.97. The van der Waals surface area contributed by atoms with Crippen LogP contribution in [0.15, 0.2) is 40.9 Å². The van der Waals surface area contributed by atoms with Crippen molar-refractivity contribution in [3.8, 4) is 6.07 Å². The van der Waals surface area contributed by atoms with E-state index in [1.807, 2.05) is 24.3 Å². The van der Waals surface area contributed by atoms with E-state index in [0.29, 0.717) is 11.6 Å². The lowest BCUT2D eigenvalue weighted by Gasteiger charge is -2.27. The molecule has 3 nitrogen and oxygen atoms in total. The molecule has 1 aliphatic carbocycles. The molecule has 0 radical (unpaired) electrons. The molecule has 0 amide bonds. The summed E-state index contributed by atoms with van der Waals surface area (Å²) in [6.45, 7) is 0. The first-order chi connectivity index (χ1) is 10.2. The van der Waals surface area contributed by atoms with Crippen LogP contribution in [0.5, 0.6) is 0 Å². The van der Waals surface area contributed by atoms with Gasteiger partial charge in [-0.25, -0.2) is 0 Å². The van der Waals surface area contributed by atoms with Gasteiger partial charge < -0.3 is 11.1 Å². The van der Waals surface area contributed by atoms with Crippen LogP contribution < -0.4 is 11.1 Å². The van der Waals surface area contributed by atoms with Crippen molar-refractivity contribution < 1.29 is 0 Å². The number of nitrogens with one attached hydrogen (secondary N) is 1. The molecular formula is C17H16BrN3. The predicted molar refractivity (Wildman–Crippen MR) is 89.0 cm³/mol. The zero-order valence-electron chi connectivity index (χ0n) is 11.6. The molecule has 1 atom stereocenters. The first-order valence-corrected chi connectivity index (χ1v) is 7.81. The summed E-state index contributed by atoms with van der Waals surface area (Å²) >= 11 is 3.43. The van der Waals surface area contributed by atoms with E-state index in [0.717, 1.165) is 35.1 Å². The largest absolute Gasteiger partial charge is 0.399 e. The summed E-state index contributed by atoms with van der Waals surface area (Å²) in [5.74, 6) is 0. The van der Waals surface area contributed by atoms with Gasteiger partial charge in [-0.3, -0.25) is 0 Å². The summed E-state index contributed by atoms with van der Waals surface area (Å²) in [5.41, 5.74) is 11.0. The molecule has 0 heterocycles. The van der Waals surface area contributed by atoms with Crippen molar-refractivity contribution in [1.29, 1.82) is 5.26 Å². The quantitative estimate of drug-likeness (QED) is 0.796. The topological polar surface area (TPSA) is 61.8 Å². The van der Waals surface area contributed by atoms with E-state index >= 15 is 0 Å². The Morgan fingerprint density at radius 3 is 2.86 bits per heavy atom. The molecular weight excluding hydrogens is 326 g/mol. The molecule has 2 aromatic carbocycles. The number of nitrogen functional groups attached to an aromatic ring is 1. The highest BCUT2D eigenvalue weighted by atomic mass is 79.9. The fourth-order valence-electron chi connectivity index (χ4n) is 2.88. The molecule has 0 saturated heterocycles. The molecule has 21 heavy (non-hydrogen) atoms. The molecule has 0 aliphatic heterocycles. The average Bonchev–Trinajstić information content (AvgIpc) is 2.47. The van der Waals surface area contributed by atoms with Gasteiger partial charge in [-0.15, -0.1) is 0 Å². The number of benzene rings is 2. The second-order valence-corrected chi connectivity index (χ2v) is 6.21. The van der Waals surface area contributed by atoms with Crippen molar-refractivity contribution in [3.63, 3.8) is 0 Å². The van der Waals surface area contributed by atoms with E-state index in [2.05, 4.69) is 39.4 Å². The van der Waals surface area contributed by atoms with E-state index in [4.69, 9.17) is 11.0 Å². The van der Waals surface area contributed by atoms with Gasteiger partial charge in [0.05, 0.1) is 11.6 Å². The molecule has 106 valence electrons. The van der Waals surface area contributed by atoms with E-state index in [1.165, 1.54) is 11.1 Å². The third-order valence-corrected chi connectivity index (χ3v) is 4.57.